The molecule has 0 radical (unpaired) electrons. The summed E-state index contributed by atoms with van der Waals surface area (Å²) in [5.74, 6) is 0.769. The molecule has 0 atom stereocenters. The van der Waals surface area contributed by atoms with E-state index in [0.717, 1.165) is 3.57 Å². The molecule has 0 unspecified atom stereocenters. The van der Waals surface area contributed by atoms with Gasteiger partial charge in [-0.1, -0.05) is 11.6 Å². The Balaban J connectivity index is 2.27. The first kappa shape index (κ1) is 14.5. The molecule has 0 bridgehead atoms. The number of rotatable bonds is 4. The van der Waals surface area contributed by atoms with Gasteiger partial charge in [-0.25, -0.2) is 0 Å². The van der Waals surface area contributed by atoms with Gasteiger partial charge < -0.3 is 10.6 Å². The van der Waals surface area contributed by atoms with E-state index in [1.54, 1.807) is 0 Å². The predicted octanol–water partition coefficient (Wildman–Crippen LogP) is 3.96. The van der Waals surface area contributed by atoms with Gasteiger partial charge in [0.25, 0.3) is 0 Å². The maximum absolute atomic E-state index is 6.13. The average molecular weight is 410 g/mol. The van der Waals surface area contributed by atoms with Crippen LogP contribution in [0.4, 0.5) is 17.6 Å². The van der Waals surface area contributed by atoms with Gasteiger partial charge in [0.2, 0.25) is 17.2 Å². The fourth-order valence-electron chi connectivity index (χ4n) is 1.35. The Hall–Kier alpha value is -0.860. The fourth-order valence-corrected chi connectivity index (χ4v) is 2.42. The molecule has 0 amide bonds. The summed E-state index contributed by atoms with van der Waals surface area (Å²) < 4.78 is 1.05. The molecule has 0 aliphatic rings. The van der Waals surface area contributed by atoms with E-state index < -0.39 is 0 Å². The Morgan fingerprint density at radius 3 is 2.58 bits per heavy atom. The topological polar surface area (TPSA) is 62.7 Å². The van der Waals surface area contributed by atoms with Crippen LogP contribution in [0, 0.1) is 3.57 Å². The molecule has 19 heavy (non-hydrogen) atoms. The first-order chi connectivity index (χ1) is 9.08. The van der Waals surface area contributed by atoms with Crippen molar-refractivity contribution >= 4 is 63.4 Å². The fraction of sp³-hybridized carbons (Fsp3) is 0.182. The van der Waals surface area contributed by atoms with Gasteiger partial charge in [-0.2, -0.15) is 15.0 Å². The predicted molar refractivity (Wildman–Crippen MR) is 86.5 cm³/mol. The Bertz CT molecular complexity index is 593. The summed E-state index contributed by atoms with van der Waals surface area (Å²) in [6.45, 7) is 2.64. The van der Waals surface area contributed by atoms with Gasteiger partial charge in [-0.3, -0.25) is 0 Å². The summed E-state index contributed by atoms with van der Waals surface area (Å²) in [5.41, 5.74) is 0.715. The Morgan fingerprint density at radius 2 is 1.89 bits per heavy atom. The third kappa shape index (κ3) is 4.05. The van der Waals surface area contributed by atoms with Crippen molar-refractivity contribution in [3.05, 3.63) is 32.1 Å². The standard InChI is InChI=1S/C11H10Cl2IN5/c1-2-15-10-17-9(13)18-11(19-10)16-8-4-3-6(14)5-7(8)12/h3-5H,2H2,1H3,(H2,15,16,17,18,19). The van der Waals surface area contributed by atoms with Gasteiger partial charge in [0.05, 0.1) is 10.7 Å². The van der Waals surface area contributed by atoms with E-state index >= 15 is 0 Å². The molecule has 2 aromatic rings. The molecular weight excluding hydrogens is 400 g/mol. The third-order valence-corrected chi connectivity index (χ3v) is 3.27. The van der Waals surface area contributed by atoms with Crippen LogP contribution in [-0.4, -0.2) is 21.5 Å². The molecule has 1 aromatic carbocycles. The maximum atomic E-state index is 6.13. The number of nitrogens with zero attached hydrogens (tertiary/aromatic N) is 3. The molecule has 2 rings (SSSR count). The number of hydrogen-bond donors (Lipinski definition) is 2. The normalized spacial score (nSPS) is 10.3. The maximum Gasteiger partial charge on any atom is 0.233 e. The summed E-state index contributed by atoms with van der Waals surface area (Å²) in [6.07, 6.45) is 0. The molecule has 5 nitrogen and oxygen atoms in total. The Labute approximate surface area is 134 Å². The van der Waals surface area contributed by atoms with E-state index in [2.05, 4.69) is 48.2 Å². The smallest absolute Gasteiger partial charge is 0.233 e. The van der Waals surface area contributed by atoms with Crippen LogP contribution < -0.4 is 10.6 Å². The molecule has 0 spiro atoms. The monoisotopic (exact) mass is 409 g/mol. The Morgan fingerprint density at radius 1 is 1.16 bits per heavy atom. The van der Waals surface area contributed by atoms with E-state index in [1.807, 2.05) is 25.1 Å². The van der Waals surface area contributed by atoms with Crippen molar-refractivity contribution in [1.29, 1.82) is 0 Å². The van der Waals surface area contributed by atoms with Crippen LogP contribution in [0.15, 0.2) is 18.2 Å². The number of nitrogens with one attached hydrogen (secondary N) is 2. The number of anilines is 3. The zero-order chi connectivity index (χ0) is 13.8. The molecule has 8 heteroatoms. The largest absolute Gasteiger partial charge is 0.354 e. The zero-order valence-electron chi connectivity index (χ0n) is 9.91. The third-order valence-electron chi connectivity index (χ3n) is 2.12. The van der Waals surface area contributed by atoms with Gasteiger partial charge in [-0.05, 0) is 59.3 Å². The van der Waals surface area contributed by atoms with E-state index in [1.165, 1.54) is 0 Å². The molecule has 0 saturated carbocycles. The van der Waals surface area contributed by atoms with Crippen LogP contribution in [0.5, 0.6) is 0 Å². The van der Waals surface area contributed by atoms with Crippen molar-refractivity contribution in [3.8, 4) is 0 Å². The minimum atomic E-state index is 0.120. The lowest BCUT2D eigenvalue weighted by molar-refractivity contribution is 1.02. The van der Waals surface area contributed by atoms with Crippen molar-refractivity contribution in [1.82, 2.24) is 15.0 Å². The minimum Gasteiger partial charge on any atom is -0.354 e. The van der Waals surface area contributed by atoms with Crippen molar-refractivity contribution in [2.75, 3.05) is 17.2 Å². The molecule has 100 valence electrons. The molecular formula is C11H10Cl2IN5. The highest BCUT2D eigenvalue weighted by atomic mass is 127. The minimum absolute atomic E-state index is 0.120. The molecule has 1 heterocycles. The molecule has 0 aliphatic heterocycles. The summed E-state index contributed by atoms with van der Waals surface area (Å²) >= 11 is 14.2. The van der Waals surface area contributed by atoms with Gasteiger partial charge in [0.1, 0.15) is 0 Å². The lowest BCUT2D eigenvalue weighted by Gasteiger charge is -2.08. The second-order valence-corrected chi connectivity index (χ2v) is 5.52. The second kappa shape index (κ2) is 6.53. The first-order valence-corrected chi connectivity index (χ1v) is 7.29. The van der Waals surface area contributed by atoms with E-state index in [4.69, 9.17) is 23.2 Å². The van der Waals surface area contributed by atoms with Crippen LogP contribution in [0.25, 0.3) is 0 Å². The van der Waals surface area contributed by atoms with Gasteiger partial charge in [0.15, 0.2) is 0 Å². The number of hydrogen-bond acceptors (Lipinski definition) is 5. The molecule has 0 saturated heterocycles. The van der Waals surface area contributed by atoms with Crippen molar-refractivity contribution in [2.45, 2.75) is 6.92 Å². The summed E-state index contributed by atoms with van der Waals surface area (Å²) in [4.78, 5) is 12.2. The Kier molecular flexibility index (Phi) is 5.00. The van der Waals surface area contributed by atoms with Crippen LogP contribution in [-0.2, 0) is 0 Å². The highest BCUT2D eigenvalue weighted by Gasteiger charge is 2.07. The lowest BCUT2D eigenvalue weighted by Crippen LogP contribution is -2.06. The number of halogens is 3. The van der Waals surface area contributed by atoms with Gasteiger partial charge in [-0.15, -0.1) is 0 Å². The zero-order valence-corrected chi connectivity index (χ0v) is 13.6. The van der Waals surface area contributed by atoms with E-state index in [-0.39, 0.29) is 5.28 Å². The van der Waals surface area contributed by atoms with Crippen LogP contribution in [0.1, 0.15) is 6.92 Å². The van der Waals surface area contributed by atoms with Crippen LogP contribution >= 0.6 is 45.8 Å². The van der Waals surface area contributed by atoms with E-state index in [9.17, 15) is 0 Å². The summed E-state index contributed by atoms with van der Waals surface area (Å²) in [6, 6.07) is 5.63. The highest BCUT2D eigenvalue weighted by molar-refractivity contribution is 14.1. The summed E-state index contributed by atoms with van der Waals surface area (Å²) in [5, 5.41) is 6.71. The molecule has 1 aromatic heterocycles. The highest BCUT2D eigenvalue weighted by Crippen LogP contribution is 2.26. The van der Waals surface area contributed by atoms with Crippen LogP contribution in [0.2, 0.25) is 10.3 Å². The van der Waals surface area contributed by atoms with Gasteiger partial charge >= 0.3 is 0 Å². The SMILES string of the molecule is CCNc1nc(Cl)nc(Nc2ccc(I)cc2Cl)n1. The van der Waals surface area contributed by atoms with E-state index in [0.29, 0.717) is 29.2 Å². The first-order valence-electron chi connectivity index (χ1n) is 5.46. The van der Waals surface area contributed by atoms with Crippen LogP contribution in [0.3, 0.4) is 0 Å². The van der Waals surface area contributed by atoms with Crippen molar-refractivity contribution < 1.29 is 0 Å². The van der Waals surface area contributed by atoms with Crippen molar-refractivity contribution in [2.24, 2.45) is 0 Å². The number of benzene rings is 1. The summed E-state index contributed by atoms with van der Waals surface area (Å²) in [7, 11) is 0. The number of aromatic nitrogens is 3. The van der Waals surface area contributed by atoms with Crippen molar-refractivity contribution in [3.63, 3.8) is 0 Å². The average Bonchev–Trinajstić information content (AvgIpc) is 2.32. The lowest BCUT2D eigenvalue weighted by atomic mass is 10.3. The molecule has 0 aliphatic carbocycles. The molecule has 2 N–H and O–H groups in total. The molecule has 0 fully saturated rings. The quantitative estimate of drug-likeness (QED) is 0.748. The second-order valence-electron chi connectivity index (χ2n) is 3.53. The van der Waals surface area contributed by atoms with Gasteiger partial charge in [0, 0.05) is 10.1 Å².